The van der Waals surface area contributed by atoms with Crippen LogP contribution in [0.5, 0.6) is 0 Å². The fourth-order valence-electron chi connectivity index (χ4n) is 5.59. The van der Waals surface area contributed by atoms with Gasteiger partial charge >= 0.3 is 0 Å². The number of hydrogen-bond acceptors (Lipinski definition) is 5. The highest BCUT2D eigenvalue weighted by Crippen LogP contribution is 2.41. The van der Waals surface area contributed by atoms with Crippen molar-refractivity contribution >= 4 is 17.3 Å². The van der Waals surface area contributed by atoms with Crippen LogP contribution in [0.25, 0.3) is 0 Å². The molecule has 2 unspecified atom stereocenters. The Hall–Kier alpha value is -2.57. The van der Waals surface area contributed by atoms with Crippen LogP contribution in [0, 0.1) is 12.8 Å². The van der Waals surface area contributed by atoms with Crippen molar-refractivity contribution in [3.63, 3.8) is 0 Å². The van der Waals surface area contributed by atoms with Gasteiger partial charge in [-0.3, -0.25) is 4.79 Å². The van der Waals surface area contributed by atoms with Gasteiger partial charge in [-0.2, -0.15) is 0 Å². The van der Waals surface area contributed by atoms with E-state index in [1.165, 1.54) is 11.1 Å². The molecule has 0 spiro atoms. The van der Waals surface area contributed by atoms with Gasteiger partial charge in [0.25, 0.3) is 5.91 Å². The number of nitrogens with zero attached hydrogens (tertiary/aromatic N) is 3. The molecular weight excluding hydrogens is 424 g/mol. The monoisotopic (exact) mass is 464 g/mol. The van der Waals surface area contributed by atoms with Crippen LogP contribution in [0.1, 0.15) is 61.6 Å². The highest BCUT2D eigenvalue weighted by molar-refractivity contribution is 6.01. The second-order valence-corrected chi connectivity index (χ2v) is 10.6. The summed E-state index contributed by atoms with van der Waals surface area (Å²) in [7, 11) is 2.13. The lowest BCUT2D eigenvalue weighted by Crippen LogP contribution is -2.49. The molecule has 184 valence electrons. The number of piperazine rings is 1. The van der Waals surface area contributed by atoms with Gasteiger partial charge in [0.2, 0.25) is 0 Å². The van der Waals surface area contributed by atoms with E-state index in [-0.39, 0.29) is 13.4 Å². The Kier molecular flexibility index (Phi) is 6.30. The number of aliphatic hydroxyl groups is 1. The summed E-state index contributed by atoms with van der Waals surface area (Å²) in [6.07, 6.45) is 4.40. The van der Waals surface area contributed by atoms with E-state index in [2.05, 4.69) is 64.3 Å². The van der Waals surface area contributed by atoms with E-state index < -0.39 is 5.72 Å². The first-order valence-corrected chi connectivity index (χ1v) is 12.8. The Morgan fingerprint density at radius 3 is 2.53 bits per heavy atom. The van der Waals surface area contributed by atoms with Crippen molar-refractivity contribution in [3.8, 4) is 0 Å². The Morgan fingerprint density at radius 2 is 1.82 bits per heavy atom. The summed E-state index contributed by atoms with van der Waals surface area (Å²) in [4.78, 5) is 20.8. The van der Waals surface area contributed by atoms with Gasteiger partial charge < -0.3 is 25.1 Å². The smallest absolute Gasteiger partial charge is 0.256 e. The molecule has 1 amide bonds. The summed E-state index contributed by atoms with van der Waals surface area (Å²) >= 11 is 0. The molecule has 34 heavy (non-hydrogen) atoms. The highest BCUT2D eigenvalue weighted by Gasteiger charge is 2.40. The maximum atomic E-state index is 14.1. The molecule has 0 aromatic heterocycles. The zero-order chi connectivity index (χ0) is 23.9. The second-order valence-electron chi connectivity index (χ2n) is 10.6. The van der Waals surface area contributed by atoms with E-state index in [0.717, 1.165) is 68.8 Å². The van der Waals surface area contributed by atoms with E-state index in [4.69, 9.17) is 0 Å². The first kappa shape index (κ1) is 23.2. The highest BCUT2D eigenvalue weighted by atomic mass is 16.3. The molecule has 2 aromatic rings. The SMILES string of the molecule is Cc1ccccc1C1CN(C)CCN1C(=O)c1ccc(NC(C)(O)C2CC2)cc1N1CCCC1.[HH]. The number of amides is 1. The molecule has 1 aliphatic carbocycles. The van der Waals surface area contributed by atoms with Crippen molar-refractivity contribution in [3.05, 3.63) is 59.2 Å². The zero-order valence-corrected chi connectivity index (χ0v) is 20.8. The number of nitrogens with one attached hydrogen (secondary N) is 1. The molecule has 6 nitrogen and oxygen atoms in total. The molecule has 5 rings (SSSR count). The topological polar surface area (TPSA) is 59.1 Å². The van der Waals surface area contributed by atoms with Crippen LogP contribution in [-0.4, -0.2) is 66.3 Å². The van der Waals surface area contributed by atoms with Gasteiger partial charge in [0.05, 0.1) is 17.3 Å². The van der Waals surface area contributed by atoms with Gasteiger partial charge in [-0.15, -0.1) is 0 Å². The molecule has 0 radical (unpaired) electrons. The van der Waals surface area contributed by atoms with Crippen molar-refractivity contribution in [1.82, 2.24) is 9.80 Å². The average molecular weight is 465 g/mol. The van der Waals surface area contributed by atoms with Crippen molar-refractivity contribution in [2.75, 3.05) is 50.0 Å². The molecule has 3 fully saturated rings. The van der Waals surface area contributed by atoms with Crippen molar-refractivity contribution in [2.45, 2.75) is 51.3 Å². The van der Waals surface area contributed by atoms with E-state index in [9.17, 15) is 9.90 Å². The van der Waals surface area contributed by atoms with E-state index >= 15 is 0 Å². The minimum atomic E-state index is -0.915. The van der Waals surface area contributed by atoms with Crippen LogP contribution >= 0.6 is 0 Å². The maximum Gasteiger partial charge on any atom is 0.256 e. The minimum Gasteiger partial charge on any atom is -0.371 e. The van der Waals surface area contributed by atoms with Gasteiger partial charge in [-0.1, -0.05) is 24.3 Å². The quantitative estimate of drug-likeness (QED) is 0.617. The lowest BCUT2D eigenvalue weighted by molar-refractivity contribution is 0.0497. The first-order chi connectivity index (χ1) is 16.3. The molecule has 0 bridgehead atoms. The minimum absolute atomic E-state index is 0. The number of likely N-dealkylation sites (N-methyl/N-ethyl adjacent to an activating group) is 1. The molecule has 3 aliphatic rings. The zero-order valence-electron chi connectivity index (χ0n) is 20.8. The van der Waals surface area contributed by atoms with Gasteiger partial charge in [-0.25, -0.2) is 0 Å². The second kappa shape index (κ2) is 9.23. The average Bonchev–Trinajstić information content (AvgIpc) is 3.55. The number of hydrogen-bond donors (Lipinski definition) is 2. The molecule has 2 aliphatic heterocycles. The number of benzene rings is 2. The van der Waals surface area contributed by atoms with Gasteiger partial charge in [0.1, 0.15) is 5.72 Å². The lowest BCUT2D eigenvalue weighted by Gasteiger charge is -2.41. The van der Waals surface area contributed by atoms with Crippen molar-refractivity contribution < 1.29 is 11.3 Å². The molecule has 2 saturated heterocycles. The fourth-order valence-corrected chi connectivity index (χ4v) is 5.59. The fraction of sp³-hybridized carbons (Fsp3) is 0.536. The number of aryl methyl sites for hydroxylation is 1. The number of carbonyl (C=O) groups excluding carboxylic acids is 1. The number of rotatable bonds is 6. The van der Waals surface area contributed by atoms with Gasteiger partial charge in [-0.05, 0) is 75.9 Å². The maximum absolute atomic E-state index is 14.1. The van der Waals surface area contributed by atoms with Crippen LogP contribution in [0.2, 0.25) is 0 Å². The van der Waals surface area contributed by atoms with Crippen molar-refractivity contribution in [2.24, 2.45) is 5.92 Å². The van der Waals surface area contributed by atoms with Gasteiger partial charge in [0, 0.05) is 45.8 Å². The molecule has 2 heterocycles. The summed E-state index contributed by atoms with van der Waals surface area (Å²) < 4.78 is 0. The van der Waals surface area contributed by atoms with Crippen LogP contribution in [0.15, 0.2) is 42.5 Å². The Morgan fingerprint density at radius 1 is 1.09 bits per heavy atom. The molecule has 6 heteroatoms. The summed E-state index contributed by atoms with van der Waals surface area (Å²) in [5.74, 6) is 0.396. The van der Waals surface area contributed by atoms with E-state index in [0.29, 0.717) is 12.5 Å². The van der Waals surface area contributed by atoms with Crippen LogP contribution in [0.3, 0.4) is 0 Å². The predicted molar refractivity (Wildman–Crippen MR) is 139 cm³/mol. The summed E-state index contributed by atoms with van der Waals surface area (Å²) in [6.45, 7) is 8.34. The molecule has 1 saturated carbocycles. The van der Waals surface area contributed by atoms with E-state index in [1.54, 1.807) is 0 Å². The molecular formula is C28H40N4O2. The largest absolute Gasteiger partial charge is 0.371 e. The predicted octanol–water partition coefficient (Wildman–Crippen LogP) is 4.50. The van der Waals surface area contributed by atoms with Crippen LogP contribution in [0.4, 0.5) is 11.4 Å². The third-order valence-corrected chi connectivity index (χ3v) is 7.84. The Bertz CT molecular complexity index is 1050. The van der Waals surface area contributed by atoms with Gasteiger partial charge in [0.15, 0.2) is 0 Å². The Balaban J connectivity index is 0.00000289. The third-order valence-electron chi connectivity index (χ3n) is 7.84. The standard InChI is InChI=1S/C28H38N4O2.H2/c1-20-8-4-5-9-23(20)26-19-30(3)16-17-32(26)27(33)24-13-12-22(29-28(2,34)21-10-11-21)18-25(24)31-14-6-7-15-31;/h4-5,8-9,12-13,18,21,26,29,34H,6-7,10-11,14-17,19H2,1-3H3;1H. The molecule has 2 N–H and O–H groups in total. The normalized spacial score (nSPS) is 23.1. The van der Waals surface area contributed by atoms with Crippen molar-refractivity contribution in [1.29, 1.82) is 0 Å². The lowest BCUT2D eigenvalue weighted by atomic mass is 9.96. The molecule has 2 atom stereocenters. The van der Waals surface area contributed by atoms with E-state index in [1.807, 2.05) is 19.1 Å². The number of anilines is 2. The number of carbonyl (C=O) groups is 1. The summed E-state index contributed by atoms with van der Waals surface area (Å²) in [5, 5.41) is 14.2. The third kappa shape index (κ3) is 4.66. The van der Waals surface area contributed by atoms with Crippen LogP contribution < -0.4 is 10.2 Å². The summed E-state index contributed by atoms with van der Waals surface area (Å²) in [6, 6.07) is 14.5. The van der Waals surface area contributed by atoms with Crippen LogP contribution in [-0.2, 0) is 0 Å². The Labute approximate surface area is 205 Å². The first-order valence-electron chi connectivity index (χ1n) is 12.8. The summed E-state index contributed by atoms with van der Waals surface area (Å²) in [5.41, 5.74) is 4.17. The molecule has 2 aromatic carbocycles.